The fourth-order valence-corrected chi connectivity index (χ4v) is 1.66. The summed E-state index contributed by atoms with van der Waals surface area (Å²) in [5.41, 5.74) is 0. The lowest BCUT2D eigenvalue weighted by atomic mass is 10.3. The molecular weight excluding hydrogens is 246 g/mol. The maximum atomic E-state index is 11.4. The molecule has 0 saturated carbocycles. The predicted octanol–water partition coefficient (Wildman–Crippen LogP) is 0.501. The maximum Gasteiger partial charge on any atom is 0.383 e. The fourth-order valence-electron chi connectivity index (χ4n) is 1.09. The van der Waals surface area contributed by atoms with Gasteiger partial charge in [0.1, 0.15) is 5.75 Å². The molecule has 1 aromatic carbocycles. The van der Waals surface area contributed by atoms with E-state index in [1.807, 2.05) is 0 Å². The molecule has 0 spiro atoms. The third-order valence-corrected chi connectivity index (χ3v) is 2.41. The summed E-state index contributed by atoms with van der Waals surface area (Å²) < 4.78 is 20.8. The maximum absolute atomic E-state index is 11.4. The number of hydroxylamine groups is 2. The summed E-state index contributed by atoms with van der Waals surface area (Å²) in [6, 6.07) is 8.24. The Bertz CT molecular complexity index is 481. The summed E-state index contributed by atoms with van der Waals surface area (Å²) in [6.07, 6.45) is 2.03. The van der Waals surface area contributed by atoms with Gasteiger partial charge in [-0.2, -0.15) is 4.21 Å². The first kappa shape index (κ1) is 11.5. The first-order valence-corrected chi connectivity index (χ1v) is 5.56. The smallest absolute Gasteiger partial charge is 0.379 e. The molecule has 0 aliphatic carbocycles. The van der Waals surface area contributed by atoms with Crippen LogP contribution >= 0.6 is 0 Å². The molecule has 17 heavy (non-hydrogen) atoms. The Balaban J connectivity index is 1.94. The number of para-hydroxylation sites is 1. The highest BCUT2D eigenvalue weighted by molar-refractivity contribution is 7.75. The average molecular weight is 253 g/mol. The minimum atomic E-state index is -2.26. The van der Waals surface area contributed by atoms with Crippen molar-refractivity contribution >= 4 is 23.2 Å². The molecule has 0 fully saturated rings. The van der Waals surface area contributed by atoms with Crippen LogP contribution in [0.15, 0.2) is 42.5 Å². The standard InChI is InChI=1S/C10H7NO5S/c12-9-6-7-10(13)11(9)16-17(14)15-8-4-2-1-3-5-8/h1-7H. The molecule has 1 aliphatic heterocycles. The van der Waals surface area contributed by atoms with Gasteiger partial charge in [-0.3, -0.25) is 9.59 Å². The van der Waals surface area contributed by atoms with Crippen molar-refractivity contribution in [2.75, 3.05) is 0 Å². The topological polar surface area (TPSA) is 72.9 Å². The molecule has 0 radical (unpaired) electrons. The Morgan fingerprint density at radius 2 is 1.59 bits per heavy atom. The Morgan fingerprint density at radius 1 is 1.00 bits per heavy atom. The minimum absolute atomic E-state index is 0.304. The lowest BCUT2D eigenvalue weighted by molar-refractivity contribution is -0.161. The molecule has 0 bridgehead atoms. The normalized spacial score (nSPS) is 16.4. The quantitative estimate of drug-likeness (QED) is 0.730. The number of imide groups is 1. The molecule has 6 nitrogen and oxygen atoms in total. The second-order valence-electron chi connectivity index (χ2n) is 2.98. The van der Waals surface area contributed by atoms with Crippen LogP contribution in [0.4, 0.5) is 0 Å². The second kappa shape index (κ2) is 4.89. The Morgan fingerprint density at radius 3 is 2.18 bits per heavy atom. The summed E-state index contributed by atoms with van der Waals surface area (Å²) >= 11 is -2.26. The SMILES string of the molecule is O=C1C=CC(=O)N1OS(=O)Oc1ccccc1. The van der Waals surface area contributed by atoms with Crippen LogP contribution < -0.4 is 4.18 Å². The van der Waals surface area contributed by atoms with Gasteiger partial charge < -0.3 is 4.18 Å². The van der Waals surface area contributed by atoms with Crippen molar-refractivity contribution in [3.63, 3.8) is 0 Å². The molecule has 1 unspecified atom stereocenters. The van der Waals surface area contributed by atoms with Gasteiger partial charge in [-0.1, -0.05) is 18.2 Å². The van der Waals surface area contributed by atoms with E-state index >= 15 is 0 Å². The van der Waals surface area contributed by atoms with E-state index < -0.39 is 23.2 Å². The van der Waals surface area contributed by atoms with E-state index in [9.17, 15) is 13.8 Å². The van der Waals surface area contributed by atoms with Gasteiger partial charge >= 0.3 is 11.4 Å². The zero-order chi connectivity index (χ0) is 12.3. The van der Waals surface area contributed by atoms with Crippen LogP contribution in [0.2, 0.25) is 0 Å². The molecule has 0 N–H and O–H groups in total. The average Bonchev–Trinajstić information content (AvgIpc) is 2.62. The van der Waals surface area contributed by atoms with Gasteiger partial charge in [-0.25, -0.2) is 0 Å². The van der Waals surface area contributed by atoms with E-state index in [0.29, 0.717) is 10.8 Å². The highest BCUT2D eigenvalue weighted by Gasteiger charge is 2.27. The molecule has 1 heterocycles. The van der Waals surface area contributed by atoms with Gasteiger partial charge in [-0.15, -0.1) is 9.35 Å². The van der Waals surface area contributed by atoms with Crippen molar-refractivity contribution in [3.8, 4) is 5.75 Å². The van der Waals surface area contributed by atoms with Crippen molar-refractivity contribution in [1.29, 1.82) is 0 Å². The van der Waals surface area contributed by atoms with E-state index in [4.69, 9.17) is 4.18 Å². The van der Waals surface area contributed by atoms with Crippen LogP contribution in [0, 0.1) is 0 Å². The van der Waals surface area contributed by atoms with E-state index in [0.717, 1.165) is 12.2 Å². The molecule has 0 saturated heterocycles. The van der Waals surface area contributed by atoms with Gasteiger partial charge in [0.25, 0.3) is 11.8 Å². The lowest BCUT2D eigenvalue weighted by Gasteiger charge is -2.11. The summed E-state index contributed by atoms with van der Waals surface area (Å²) in [6.45, 7) is 0. The summed E-state index contributed by atoms with van der Waals surface area (Å²) in [5, 5.41) is 0.374. The van der Waals surface area contributed by atoms with Gasteiger partial charge in [0.2, 0.25) is 0 Å². The van der Waals surface area contributed by atoms with Crippen molar-refractivity contribution < 1.29 is 22.3 Å². The largest absolute Gasteiger partial charge is 0.383 e. The zero-order valence-corrected chi connectivity index (χ0v) is 9.25. The molecule has 7 heteroatoms. The fraction of sp³-hybridized carbons (Fsp3) is 0. The van der Waals surface area contributed by atoms with Gasteiger partial charge in [-0.05, 0) is 12.1 Å². The number of benzene rings is 1. The number of hydrogen-bond donors (Lipinski definition) is 0. The van der Waals surface area contributed by atoms with Crippen LogP contribution in [0.5, 0.6) is 5.75 Å². The highest BCUT2D eigenvalue weighted by atomic mass is 32.2. The number of hydrogen-bond acceptors (Lipinski definition) is 5. The number of carbonyl (C=O) groups excluding carboxylic acids is 2. The Kier molecular flexibility index (Phi) is 3.31. The van der Waals surface area contributed by atoms with Crippen LogP contribution in [-0.2, 0) is 25.2 Å². The van der Waals surface area contributed by atoms with Crippen LogP contribution in [0.3, 0.4) is 0 Å². The van der Waals surface area contributed by atoms with Gasteiger partial charge in [0.05, 0.1) is 0 Å². The number of amides is 2. The molecule has 1 atom stereocenters. The molecule has 1 aliphatic rings. The van der Waals surface area contributed by atoms with Crippen LogP contribution in [0.1, 0.15) is 0 Å². The van der Waals surface area contributed by atoms with Gasteiger partial charge in [0.15, 0.2) is 0 Å². The molecule has 2 amide bonds. The molecular formula is C10H7NO5S. The summed E-state index contributed by atoms with van der Waals surface area (Å²) in [7, 11) is 0. The molecule has 88 valence electrons. The minimum Gasteiger partial charge on any atom is -0.379 e. The molecule has 2 rings (SSSR count). The van der Waals surface area contributed by atoms with E-state index in [1.165, 1.54) is 0 Å². The number of rotatable bonds is 4. The summed E-state index contributed by atoms with van der Waals surface area (Å²) in [5.74, 6) is -1.09. The Labute approximate surface area is 99.3 Å². The van der Waals surface area contributed by atoms with Gasteiger partial charge in [0, 0.05) is 12.2 Å². The zero-order valence-electron chi connectivity index (χ0n) is 8.44. The summed E-state index contributed by atoms with van der Waals surface area (Å²) in [4.78, 5) is 22.2. The van der Waals surface area contributed by atoms with Crippen molar-refractivity contribution in [3.05, 3.63) is 42.5 Å². The van der Waals surface area contributed by atoms with Crippen LogP contribution in [-0.4, -0.2) is 21.1 Å². The first-order chi connectivity index (χ1) is 8.16. The third kappa shape index (κ3) is 2.77. The molecule has 1 aromatic rings. The predicted molar refractivity (Wildman–Crippen MR) is 57.3 cm³/mol. The van der Waals surface area contributed by atoms with Crippen molar-refractivity contribution in [1.82, 2.24) is 5.06 Å². The highest BCUT2D eigenvalue weighted by Crippen LogP contribution is 2.12. The molecule has 0 aromatic heterocycles. The lowest BCUT2D eigenvalue weighted by Crippen LogP contribution is -2.32. The van der Waals surface area contributed by atoms with Crippen molar-refractivity contribution in [2.45, 2.75) is 0 Å². The van der Waals surface area contributed by atoms with E-state index in [1.54, 1.807) is 30.3 Å². The van der Waals surface area contributed by atoms with E-state index in [-0.39, 0.29) is 0 Å². The number of nitrogens with zero attached hydrogens (tertiary/aromatic N) is 1. The van der Waals surface area contributed by atoms with Crippen molar-refractivity contribution in [2.24, 2.45) is 0 Å². The van der Waals surface area contributed by atoms with E-state index in [2.05, 4.69) is 4.28 Å². The second-order valence-corrected chi connectivity index (χ2v) is 3.70. The Hall–Kier alpha value is -1.99. The van der Waals surface area contributed by atoms with Crippen LogP contribution in [0.25, 0.3) is 0 Å². The third-order valence-electron chi connectivity index (χ3n) is 1.81. The number of carbonyl (C=O) groups is 2. The first-order valence-electron chi connectivity index (χ1n) is 4.56. The monoisotopic (exact) mass is 253 g/mol.